The van der Waals surface area contributed by atoms with Crippen LogP contribution in [0, 0.1) is 0 Å². The van der Waals surface area contributed by atoms with Gasteiger partial charge in [0.2, 0.25) is 0 Å². The van der Waals surface area contributed by atoms with E-state index in [-0.39, 0.29) is 12.7 Å². The van der Waals surface area contributed by atoms with Crippen LogP contribution in [-0.2, 0) is 4.74 Å². The van der Waals surface area contributed by atoms with Crippen molar-refractivity contribution < 1.29 is 17.9 Å². The van der Waals surface area contributed by atoms with Gasteiger partial charge >= 0.3 is 6.18 Å². The predicted molar refractivity (Wildman–Crippen MR) is 49.2 cm³/mol. The van der Waals surface area contributed by atoms with Crippen LogP contribution in [0.4, 0.5) is 13.2 Å². The first-order chi connectivity index (χ1) is 6.31. The van der Waals surface area contributed by atoms with E-state index in [4.69, 9.17) is 4.74 Å². The monoisotopic (exact) mass is 213 g/mol. The number of hydrogen-bond donors (Lipinski definition) is 1. The van der Waals surface area contributed by atoms with Gasteiger partial charge in [-0.15, -0.1) is 0 Å². The zero-order chi connectivity index (χ0) is 11.2. The smallest absolute Gasteiger partial charge is 0.377 e. The molecule has 0 aromatic heterocycles. The Kier molecular flexibility index (Phi) is 6.11. The van der Waals surface area contributed by atoms with Gasteiger partial charge in [-0.05, 0) is 6.92 Å². The Morgan fingerprint density at radius 3 is 2.21 bits per heavy atom. The average Bonchev–Trinajstić information content (AvgIpc) is 1.98. The van der Waals surface area contributed by atoms with E-state index in [0.29, 0.717) is 12.6 Å². The highest BCUT2D eigenvalue weighted by Crippen LogP contribution is 2.19. The van der Waals surface area contributed by atoms with Crippen molar-refractivity contribution in [2.75, 3.05) is 13.2 Å². The molecule has 0 fully saturated rings. The van der Waals surface area contributed by atoms with Crippen molar-refractivity contribution >= 4 is 0 Å². The first-order valence-electron chi connectivity index (χ1n) is 4.73. The molecule has 1 N–H and O–H groups in total. The van der Waals surface area contributed by atoms with Crippen molar-refractivity contribution in [3.05, 3.63) is 0 Å². The third-order valence-corrected chi connectivity index (χ3v) is 1.60. The van der Waals surface area contributed by atoms with Gasteiger partial charge < -0.3 is 10.1 Å². The second-order valence-corrected chi connectivity index (χ2v) is 3.61. The lowest BCUT2D eigenvalue weighted by atomic mass is 10.3. The highest BCUT2D eigenvalue weighted by atomic mass is 19.4. The third-order valence-electron chi connectivity index (χ3n) is 1.60. The van der Waals surface area contributed by atoms with E-state index >= 15 is 0 Å². The minimum Gasteiger partial charge on any atom is -0.377 e. The van der Waals surface area contributed by atoms with Crippen LogP contribution in [0.5, 0.6) is 0 Å². The van der Waals surface area contributed by atoms with E-state index in [9.17, 15) is 13.2 Å². The molecule has 0 aliphatic rings. The van der Waals surface area contributed by atoms with Crippen LogP contribution in [0.1, 0.15) is 27.2 Å². The Balaban J connectivity index is 3.40. The molecule has 86 valence electrons. The summed E-state index contributed by atoms with van der Waals surface area (Å²) in [4.78, 5) is 0. The lowest BCUT2D eigenvalue weighted by molar-refractivity contribution is -0.148. The van der Waals surface area contributed by atoms with Gasteiger partial charge in [0, 0.05) is 12.6 Å². The maximum atomic E-state index is 11.7. The molecule has 14 heavy (non-hydrogen) atoms. The highest BCUT2D eigenvalue weighted by Gasteiger charge is 2.26. The first kappa shape index (κ1) is 13.7. The van der Waals surface area contributed by atoms with Gasteiger partial charge in [-0.1, -0.05) is 13.8 Å². The van der Waals surface area contributed by atoms with E-state index in [1.165, 1.54) is 0 Å². The molecule has 1 unspecified atom stereocenters. The van der Waals surface area contributed by atoms with Gasteiger partial charge in [0.1, 0.15) is 0 Å². The molecule has 2 nitrogen and oxygen atoms in total. The number of rotatable bonds is 6. The zero-order valence-corrected chi connectivity index (χ0v) is 8.82. The summed E-state index contributed by atoms with van der Waals surface area (Å²) in [7, 11) is 0. The molecule has 0 spiro atoms. The normalized spacial score (nSPS) is 14.8. The van der Waals surface area contributed by atoms with Crippen LogP contribution < -0.4 is 5.32 Å². The second kappa shape index (κ2) is 6.24. The molecule has 0 aromatic rings. The maximum Gasteiger partial charge on any atom is 0.391 e. The predicted octanol–water partition coefficient (Wildman–Crippen LogP) is 2.34. The lowest BCUT2D eigenvalue weighted by Gasteiger charge is -2.16. The highest BCUT2D eigenvalue weighted by molar-refractivity contribution is 4.59. The van der Waals surface area contributed by atoms with Gasteiger partial charge in [-0.25, -0.2) is 0 Å². The molecule has 0 rings (SSSR count). The van der Waals surface area contributed by atoms with Gasteiger partial charge in [0.15, 0.2) is 0 Å². The molecule has 5 heteroatoms. The molecule has 0 radical (unpaired) electrons. The van der Waals surface area contributed by atoms with Crippen molar-refractivity contribution in [1.29, 1.82) is 0 Å². The molecular formula is C9H18F3NO. The van der Waals surface area contributed by atoms with Gasteiger partial charge in [0.05, 0.1) is 19.1 Å². The van der Waals surface area contributed by atoms with Gasteiger partial charge in [-0.3, -0.25) is 0 Å². The molecule has 0 aliphatic carbocycles. The maximum absolute atomic E-state index is 11.7. The van der Waals surface area contributed by atoms with E-state index in [0.717, 1.165) is 0 Å². The minimum atomic E-state index is -4.12. The fourth-order valence-electron chi connectivity index (χ4n) is 0.836. The molecule has 1 atom stereocenters. The van der Waals surface area contributed by atoms with E-state index in [1.807, 2.05) is 13.8 Å². The Morgan fingerprint density at radius 1 is 1.21 bits per heavy atom. The minimum absolute atomic E-state index is 0.181. The Labute approximate surface area is 82.8 Å². The number of nitrogens with one attached hydrogen (secondary N) is 1. The number of ether oxygens (including phenoxy) is 1. The number of halogens is 3. The van der Waals surface area contributed by atoms with Crippen LogP contribution in [0.25, 0.3) is 0 Å². The summed E-state index contributed by atoms with van der Waals surface area (Å²) in [5.74, 6) is 0. The van der Waals surface area contributed by atoms with Crippen LogP contribution in [-0.4, -0.2) is 31.5 Å². The van der Waals surface area contributed by atoms with Crippen molar-refractivity contribution in [2.45, 2.75) is 45.5 Å². The van der Waals surface area contributed by atoms with Crippen LogP contribution >= 0.6 is 0 Å². The third kappa shape index (κ3) is 9.80. The van der Waals surface area contributed by atoms with E-state index in [1.54, 1.807) is 6.92 Å². The largest absolute Gasteiger partial charge is 0.391 e. The number of alkyl halides is 3. The fourth-order valence-corrected chi connectivity index (χ4v) is 0.836. The lowest BCUT2D eigenvalue weighted by Crippen LogP contribution is -2.32. The molecule has 0 saturated carbocycles. The van der Waals surface area contributed by atoms with Gasteiger partial charge in [0.25, 0.3) is 0 Å². The van der Waals surface area contributed by atoms with Crippen LogP contribution in [0.15, 0.2) is 0 Å². The standard InChI is InChI=1S/C9H18F3NO/c1-7(2)13-6-8(3)14-5-4-9(10,11)12/h7-8,13H,4-6H2,1-3H3. The summed E-state index contributed by atoms with van der Waals surface area (Å²) >= 11 is 0. The molecule has 0 heterocycles. The summed E-state index contributed by atoms with van der Waals surface area (Å²) in [6, 6.07) is 0.323. The number of hydrogen-bond acceptors (Lipinski definition) is 2. The van der Waals surface area contributed by atoms with Crippen LogP contribution in [0.2, 0.25) is 0 Å². The van der Waals surface area contributed by atoms with Crippen molar-refractivity contribution in [2.24, 2.45) is 0 Å². The average molecular weight is 213 g/mol. The molecule has 0 bridgehead atoms. The SMILES string of the molecule is CC(C)NCC(C)OCCC(F)(F)F. The topological polar surface area (TPSA) is 21.3 Å². The summed E-state index contributed by atoms with van der Waals surface area (Å²) in [5, 5.41) is 3.09. The first-order valence-corrected chi connectivity index (χ1v) is 4.73. The van der Waals surface area contributed by atoms with E-state index < -0.39 is 12.6 Å². The Hall–Kier alpha value is -0.290. The van der Waals surface area contributed by atoms with Crippen molar-refractivity contribution in [3.8, 4) is 0 Å². The summed E-state index contributed by atoms with van der Waals surface area (Å²) in [6.07, 6.45) is -5.18. The molecule has 0 aliphatic heterocycles. The van der Waals surface area contributed by atoms with Crippen molar-refractivity contribution in [1.82, 2.24) is 5.32 Å². The Bertz CT molecular complexity index is 147. The van der Waals surface area contributed by atoms with E-state index in [2.05, 4.69) is 5.32 Å². The molecular weight excluding hydrogens is 195 g/mol. The van der Waals surface area contributed by atoms with Crippen LogP contribution in [0.3, 0.4) is 0 Å². The summed E-state index contributed by atoms with van der Waals surface area (Å²) in [6.45, 7) is 6.02. The Morgan fingerprint density at radius 2 is 1.79 bits per heavy atom. The zero-order valence-electron chi connectivity index (χ0n) is 8.82. The van der Waals surface area contributed by atoms with Crippen molar-refractivity contribution in [3.63, 3.8) is 0 Å². The summed E-state index contributed by atoms with van der Waals surface area (Å²) < 4.78 is 40.2. The molecule has 0 aromatic carbocycles. The fraction of sp³-hybridized carbons (Fsp3) is 1.00. The second-order valence-electron chi connectivity index (χ2n) is 3.61. The molecule has 0 amide bonds. The molecule has 0 saturated heterocycles. The van der Waals surface area contributed by atoms with Gasteiger partial charge in [-0.2, -0.15) is 13.2 Å². The summed E-state index contributed by atoms with van der Waals surface area (Å²) in [5.41, 5.74) is 0. The quantitative estimate of drug-likeness (QED) is 0.731.